The van der Waals surface area contributed by atoms with Gasteiger partial charge in [-0.15, -0.1) is 11.8 Å². The van der Waals surface area contributed by atoms with Crippen LogP contribution in [0.25, 0.3) is 0 Å². The second-order valence-corrected chi connectivity index (χ2v) is 8.02. The van der Waals surface area contributed by atoms with Crippen molar-refractivity contribution in [2.45, 2.75) is 30.2 Å². The Bertz CT molecular complexity index is 747. The summed E-state index contributed by atoms with van der Waals surface area (Å²) < 4.78 is 0. The Kier molecular flexibility index (Phi) is 7.79. The Morgan fingerprint density at radius 1 is 0.964 bits per heavy atom. The number of carbonyl (C=O) groups is 2. The zero-order chi connectivity index (χ0) is 19.6. The molecule has 1 aliphatic rings. The fourth-order valence-corrected chi connectivity index (χ4v) is 4.05. The highest BCUT2D eigenvalue weighted by molar-refractivity contribution is 7.99. The van der Waals surface area contributed by atoms with Crippen molar-refractivity contribution < 1.29 is 9.59 Å². The fourth-order valence-electron chi connectivity index (χ4n) is 3.17. The van der Waals surface area contributed by atoms with Gasteiger partial charge in [-0.2, -0.15) is 0 Å². The highest BCUT2D eigenvalue weighted by Gasteiger charge is 2.23. The standard InChI is InChI=1S/C22H27N3O2S/c26-21(18-8-3-1-4-9-18)24-19-12-15-25(16-13-19)22(27)23-14-7-17-28-20-10-5-2-6-11-20/h1-6,8-11,19H,7,12-17H2,(H,23,27)(H,24,26). The van der Waals surface area contributed by atoms with Crippen molar-refractivity contribution in [1.82, 2.24) is 15.5 Å². The molecule has 1 heterocycles. The molecule has 0 spiro atoms. The van der Waals surface area contributed by atoms with Crippen LogP contribution in [0.5, 0.6) is 0 Å². The van der Waals surface area contributed by atoms with Crippen LogP contribution in [0.1, 0.15) is 29.6 Å². The molecule has 0 aliphatic carbocycles. The molecule has 148 valence electrons. The van der Waals surface area contributed by atoms with Crippen molar-refractivity contribution in [3.8, 4) is 0 Å². The van der Waals surface area contributed by atoms with E-state index in [-0.39, 0.29) is 18.0 Å². The molecule has 0 bridgehead atoms. The van der Waals surface area contributed by atoms with Gasteiger partial charge in [0.05, 0.1) is 0 Å². The molecule has 3 rings (SSSR count). The van der Waals surface area contributed by atoms with Gasteiger partial charge in [0.25, 0.3) is 5.91 Å². The number of piperidine rings is 1. The van der Waals surface area contributed by atoms with E-state index in [0.29, 0.717) is 25.2 Å². The summed E-state index contributed by atoms with van der Waals surface area (Å²) in [5.41, 5.74) is 0.677. The number of benzene rings is 2. The van der Waals surface area contributed by atoms with E-state index in [0.717, 1.165) is 25.0 Å². The maximum atomic E-state index is 12.3. The maximum absolute atomic E-state index is 12.3. The van der Waals surface area contributed by atoms with Gasteiger partial charge in [-0.1, -0.05) is 36.4 Å². The third-order valence-corrected chi connectivity index (χ3v) is 5.86. The Morgan fingerprint density at radius 3 is 2.29 bits per heavy atom. The zero-order valence-electron chi connectivity index (χ0n) is 16.0. The Hall–Kier alpha value is -2.47. The van der Waals surface area contributed by atoms with Gasteiger partial charge in [-0.05, 0) is 49.3 Å². The number of amides is 3. The second-order valence-electron chi connectivity index (χ2n) is 6.85. The summed E-state index contributed by atoms with van der Waals surface area (Å²) in [6.07, 6.45) is 2.51. The number of hydrogen-bond acceptors (Lipinski definition) is 3. The third kappa shape index (κ3) is 6.30. The van der Waals surface area contributed by atoms with E-state index in [1.165, 1.54) is 4.90 Å². The molecule has 0 aromatic heterocycles. The summed E-state index contributed by atoms with van der Waals surface area (Å²) in [5.74, 6) is 0.942. The number of rotatable bonds is 7. The van der Waals surface area contributed by atoms with Crippen LogP contribution in [0.3, 0.4) is 0 Å². The molecule has 0 atom stereocenters. The molecule has 1 aliphatic heterocycles. The van der Waals surface area contributed by atoms with E-state index in [2.05, 4.69) is 22.8 Å². The van der Waals surface area contributed by atoms with E-state index < -0.39 is 0 Å². The molecule has 2 aromatic rings. The number of nitrogens with zero attached hydrogens (tertiary/aromatic N) is 1. The Labute approximate surface area is 170 Å². The molecule has 1 saturated heterocycles. The van der Waals surface area contributed by atoms with Crippen molar-refractivity contribution in [2.75, 3.05) is 25.4 Å². The van der Waals surface area contributed by atoms with Crippen molar-refractivity contribution in [3.05, 3.63) is 66.2 Å². The van der Waals surface area contributed by atoms with E-state index in [1.54, 1.807) is 11.8 Å². The summed E-state index contributed by atoms with van der Waals surface area (Å²) in [7, 11) is 0. The summed E-state index contributed by atoms with van der Waals surface area (Å²) in [6, 6.07) is 19.7. The first-order valence-corrected chi connectivity index (χ1v) is 10.8. The second kappa shape index (κ2) is 10.8. The van der Waals surface area contributed by atoms with Crippen molar-refractivity contribution in [1.29, 1.82) is 0 Å². The van der Waals surface area contributed by atoms with Crippen molar-refractivity contribution >= 4 is 23.7 Å². The van der Waals surface area contributed by atoms with Gasteiger partial charge < -0.3 is 15.5 Å². The lowest BCUT2D eigenvalue weighted by atomic mass is 10.0. The normalized spacial score (nSPS) is 14.5. The maximum Gasteiger partial charge on any atom is 0.317 e. The van der Waals surface area contributed by atoms with E-state index >= 15 is 0 Å². The van der Waals surface area contributed by atoms with Gasteiger partial charge in [0, 0.05) is 36.1 Å². The van der Waals surface area contributed by atoms with Gasteiger partial charge in [0.1, 0.15) is 0 Å². The van der Waals surface area contributed by atoms with Crippen LogP contribution in [-0.4, -0.2) is 48.3 Å². The lowest BCUT2D eigenvalue weighted by Crippen LogP contribution is -2.49. The van der Waals surface area contributed by atoms with E-state index in [9.17, 15) is 9.59 Å². The van der Waals surface area contributed by atoms with Crippen LogP contribution in [0.2, 0.25) is 0 Å². The van der Waals surface area contributed by atoms with Gasteiger partial charge in [-0.3, -0.25) is 4.79 Å². The Morgan fingerprint density at radius 2 is 1.61 bits per heavy atom. The smallest absolute Gasteiger partial charge is 0.317 e. The molecule has 5 nitrogen and oxygen atoms in total. The SMILES string of the molecule is O=C(NC1CCN(C(=O)NCCCSc2ccccc2)CC1)c1ccccc1. The minimum Gasteiger partial charge on any atom is -0.349 e. The number of urea groups is 1. The summed E-state index contributed by atoms with van der Waals surface area (Å²) >= 11 is 1.81. The summed E-state index contributed by atoms with van der Waals surface area (Å²) in [5, 5.41) is 6.08. The molecular weight excluding hydrogens is 370 g/mol. The molecule has 2 N–H and O–H groups in total. The molecule has 1 fully saturated rings. The highest BCUT2D eigenvalue weighted by Crippen LogP contribution is 2.17. The Balaban J connectivity index is 1.30. The first kappa shape index (κ1) is 20.3. The predicted octanol–water partition coefficient (Wildman–Crippen LogP) is 3.77. The molecule has 0 radical (unpaired) electrons. The largest absolute Gasteiger partial charge is 0.349 e. The molecule has 2 aromatic carbocycles. The summed E-state index contributed by atoms with van der Waals surface area (Å²) in [6.45, 7) is 2.03. The van der Waals surface area contributed by atoms with Gasteiger partial charge in [0.2, 0.25) is 0 Å². The van der Waals surface area contributed by atoms with E-state index in [4.69, 9.17) is 0 Å². The zero-order valence-corrected chi connectivity index (χ0v) is 16.8. The van der Waals surface area contributed by atoms with Crippen LogP contribution in [-0.2, 0) is 0 Å². The van der Waals surface area contributed by atoms with Crippen LogP contribution in [0, 0.1) is 0 Å². The first-order chi connectivity index (χ1) is 13.7. The number of carbonyl (C=O) groups excluding carboxylic acids is 2. The lowest BCUT2D eigenvalue weighted by molar-refractivity contribution is 0.0918. The predicted molar refractivity (Wildman–Crippen MR) is 114 cm³/mol. The molecule has 6 heteroatoms. The quantitative estimate of drug-likeness (QED) is 0.552. The molecule has 3 amide bonds. The minimum atomic E-state index is -0.0422. The molecule has 0 saturated carbocycles. The number of nitrogens with one attached hydrogen (secondary N) is 2. The van der Waals surface area contributed by atoms with Gasteiger partial charge in [0.15, 0.2) is 0 Å². The van der Waals surface area contributed by atoms with Gasteiger partial charge >= 0.3 is 6.03 Å². The minimum absolute atomic E-state index is 0.00227. The van der Waals surface area contributed by atoms with Crippen LogP contribution in [0.4, 0.5) is 4.79 Å². The van der Waals surface area contributed by atoms with Crippen molar-refractivity contribution in [2.24, 2.45) is 0 Å². The number of thioether (sulfide) groups is 1. The van der Waals surface area contributed by atoms with Crippen LogP contribution < -0.4 is 10.6 Å². The number of likely N-dealkylation sites (tertiary alicyclic amines) is 1. The van der Waals surface area contributed by atoms with Crippen LogP contribution >= 0.6 is 11.8 Å². The molecule has 0 unspecified atom stereocenters. The first-order valence-electron chi connectivity index (χ1n) is 9.79. The topological polar surface area (TPSA) is 61.4 Å². The monoisotopic (exact) mass is 397 g/mol. The van der Waals surface area contributed by atoms with E-state index in [1.807, 2.05) is 53.4 Å². The van der Waals surface area contributed by atoms with Crippen molar-refractivity contribution in [3.63, 3.8) is 0 Å². The van der Waals surface area contributed by atoms with Crippen LogP contribution in [0.15, 0.2) is 65.6 Å². The summed E-state index contributed by atoms with van der Waals surface area (Å²) in [4.78, 5) is 27.6. The molecule has 28 heavy (non-hydrogen) atoms. The molecular formula is C22H27N3O2S. The third-order valence-electron chi connectivity index (χ3n) is 4.76. The highest BCUT2D eigenvalue weighted by atomic mass is 32.2. The average Bonchev–Trinajstić information content (AvgIpc) is 2.75. The van der Waals surface area contributed by atoms with Gasteiger partial charge in [-0.25, -0.2) is 4.79 Å². The number of hydrogen-bond donors (Lipinski definition) is 2. The fraction of sp³-hybridized carbons (Fsp3) is 0.364. The average molecular weight is 398 g/mol. The lowest BCUT2D eigenvalue weighted by Gasteiger charge is -2.32.